The van der Waals surface area contributed by atoms with Crippen LogP contribution < -0.4 is 5.73 Å². The molecule has 0 saturated carbocycles. The summed E-state index contributed by atoms with van der Waals surface area (Å²) < 4.78 is 21.9. The Morgan fingerprint density at radius 1 is 1.44 bits per heavy atom. The highest BCUT2D eigenvalue weighted by atomic mass is 32.2. The molecule has 0 spiro atoms. The van der Waals surface area contributed by atoms with E-state index in [1.165, 1.54) is 24.1 Å². The summed E-state index contributed by atoms with van der Waals surface area (Å²) in [5.41, 5.74) is 6.55. The van der Waals surface area contributed by atoms with Crippen LogP contribution in [-0.4, -0.2) is 37.3 Å². The number of carboxylic acid groups (broad SMARTS) is 1. The number of hydrogen-bond acceptors (Lipinski definition) is 5. The Labute approximate surface area is 110 Å². The molecule has 0 bridgehead atoms. The summed E-state index contributed by atoms with van der Waals surface area (Å²) in [6.45, 7) is 0. The van der Waals surface area contributed by atoms with Crippen molar-refractivity contribution in [3.05, 3.63) is 29.3 Å². The van der Waals surface area contributed by atoms with Gasteiger partial charge in [-0.3, -0.25) is 0 Å². The van der Waals surface area contributed by atoms with Crippen LogP contribution in [0.2, 0.25) is 0 Å². The minimum absolute atomic E-state index is 0.0857. The van der Waals surface area contributed by atoms with Crippen LogP contribution in [0, 0.1) is 0 Å². The molecule has 0 aromatic heterocycles. The number of aromatic carboxylic acids is 1. The Hall–Kier alpha value is -1.21. The van der Waals surface area contributed by atoms with E-state index in [-0.39, 0.29) is 17.0 Å². The third-order valence-corrected chi connectivity index (χ3v) is 4.46. The number of anilines is 1. The van der Waals surface area contributed by atoms with Crippen LogP contribution in [0.1, 0.15) is 15.9 Å². The second-order valence-electron chi connectivity index (χ2n) is 3.87. The lowest BCUT2D eigenvalue weighted by molar-refractivity contribution is 0.0697. The maximum atomic E-state index is 11.0. The maximum absolute atomic E-state index is 11.0. The molecule has 0 atom stereocenters. The first-order valence-corrected chi connectivity index (χ1v) is 8.39. The van der Waals surface area contributed by atoms with E-state index in [9.17, 15) is 13.2 Å². The van der Waals surface area contributed by atoms with Gasteiger partial charge in [0.1, 0.15) is 9.84 Å². The number of rotatable bonds is 6. The Morgan fingerprint density at radius 2 is 2.11 bits per heavy atom. The molecular weight excluding hydrogens is 274 g/mol. The van der Waals surface area contributed by atoms with Gasteiger partial charge >= 0.3 is 5.97 Å². The van der Waals surface area contributed by atoms with Gasteiger partial charge in [0.05, 0.1) is 11.3 Å². The highest BCUT2D eigenvalue weighted by Crippen LogP contribution is 2.21. The smallest absolute Gasteiger partial charge is 0.338 e. The standard InChI is InChI=1S/C11H15NO4S2/c1-18(15,16)6-5-17-7-8-3-2-4-9(12)10(8)11(13)14/h2-4H,5-7,12H2,1H3,(H,13,14). The molecule has 18 heavy (non-hydrogen) atoms. The number of carbonyl (C=O) groups is 1. The second kappa shape index (κ2) is 6.10. The van der Waals surface area contributed by atoms with Crippen molar-refractivity contribution in [1.29, 1.82) is 0 Å². The average Bonchev–Trinajstić information content (AvgIpc) is 2.22. The fraction of sp³-hybridized carbons (Fsp3) is 0.364. The van der Waals surface area contributed by atoms with Crippen LogP contribution >= 0.6 is 11.8 Å². The van der Waals surface area contributed by atoms with Gasteiger partial charge in [-0.1, -0.05) is 12.1 Å². The first-order chi connectivity index (χ1) is 8.31. The molecule has 0 amide bonds. The Kier molecular flexibility index (Phi) is 5.03. The minimum atomic E-state index is -2.98. The molecular formula is C11H15NO4S2. The molecule has 3 N–H and O–H groups in total. The average molecular weight is 289 g/mol. The van der Waals surface area contributed by atoms with E-state index in [1.807, 2.05) is 0 Å². The molecule has 0 heterocycles. The van der Waals surface area contributed by atoms with Crippen molar-refractivity contribution in [2.24, 2.45) is 0 Å². The number of hydrogen-bond donors (Lipinski definition) is 2. The molecule has 5 nitrogen and oxygen atoms in total. The molecule has 0 saturated heterocycles. The summed E-state index contributed by atoms with van der Waals surface area (Å²) in [7, 11) is -2.98. The summed E-state index contributed by atoms with van der Waals surface area (Å²) in [4.78, 5) is 11.0. The van der Waals surface area contributed by atoms with Crippen molar-refractivity contribution in [3.8, 4) is 0 Å². The van der Waals surface area contributed by atoms with E-state index < -0.39 is 15.8 Å². The van der Waals surface area contributed by atoms with Crippen molar-refractivity contribution in [2.75, 3.05) is 23.5 Å². The quantitative estimate of drug-likeness (QED) is 0.604. The van der Waals surface area contributed by atoms with E-state index in [1.54, 1.807) is 12.1 Å². The van der Waals surface area contributed by atoms with Crippen molar-refractivity contribution in [3.63, 3.8) is 0 Å². The summed E-state index contributed by atoms with van der Waals surface area (Å²) >= 11 is 1.38. The van der Waals surface area contributed by atoms with Gasteiger partial charge in [-0.2, -0.15) is 11.8 Å². The van der Waals surface area contributed by atoms with Crippen molar-refractivity contribution in [2.45, 2.75) is 5.75 Å². The molecule has 0 radical (unpaired) electrons. The van der Waals surface area contributed by atoms with Gasteiger partial charge in [-0.25, -0.2) is 13.2 Å². The Morgan fingerprint density at radius 3 is 2.67 bits per heavy atom. The van der Waals surface area contributed by atoms with Gasteiger partial charge in [0, 0.05) is 23.4 Å². The molecule has 1 rings (SSSR count). The van der Waals surface area contributed by atoms with E-state index in [0.717, 1.165) is 0 Å². The molecule has 100 valence electrons. The van der Waals surface area contributed by atoms with E-state index >= 15 is 0 Å². The highest BCUT2D eigenvalue weighted by Gasteiger charge is 2.13. The van der Waals surface area contributed by atoms with Crippen LogP contribution in [-0.2, 0) is 15.6 Å². The molecule has 0 aliphatic carbocycles. The SMILES string of the molecule is CS(=O)(=O)CCSCc1cccc(N)c1C(=O)O. The molecule has 0 aliphatic heterocycles. The minimum Gasteiger partial charge on any atom is -0.478 e. The monoisotopic (exact) mass is 289 g/mol. The predicted octanol–water partition coefficient (Wildman–Crippen LogP) is 1.24. The summed E-state index contributed by atoms with van der Waals surface area (Å²) in [5.74, 6) is -0.108. The van der Waals surface area contributed by atoms with Gasteiger partial charge in [0.2, 0.25) is 0 Å². The summed E-state index contributed by atoms with van der Waals surface area (Å²) in [6, 6.07) is 4.91. The Bertz CT molecular complexity index is 540. The lowest BCUT2D eigenvalue weighted by Gasteiger charge is -2.08. The molecule has 1 aromatic rings. The normalized spacial score (nSPS) is 11.4. The van der Waals surface area contributed by atoms with E-state index in [4.69, 9.17) is 10.8 Å². The molecule has 7 heteroatoms. The van der Waals surface area contributed by atoms with Crippen molar-refractivity contribution >= 4 is 33.3 Å². The number of nitrogens with two attached hydrogens (primary N) is 1. The summed E-state index contributed by atoms with van der Waals surface area (Å²) in [6.07, 6.45) is 1.18. The number of benzene rings is 1. The predicted molar refractivity (Wildman–Crippen MR) is 73.7 cm³/mol. The molecule has 0 fully saturated rings. The second-order valence-corrected chi connectivity index (χ2v) is 7.23. The van der Waals surface area contributed by atoms with E-state index in [0.29, 0.717) is 17.1 Å². The number of carboxylic acids is 1. The number of nitrogen functional groups attached to an aromatic ring is 1. The first-order valence-electron chi connectivity index (χ1n) is 5.17. The largest absolute Gasteiger partial charge is 0.478 e. The van der Waals surface area contributed by atoms with Crippen molar-refractivity contribution < 1.29 is 18.3 Å². The van der Waals surface area contributed by atoms with Gasteiger partial charge in [0.25, 0.3) is 0 Å². The Balaban J connectivity index is 2.68. The number of sulfone groups is 1. The third kappa shape index (κ3) is 4.58. The lowest BCUT2D eigenvalue weighted by Crippen LogP contribution is -2.08. The van der Waals surface area contributed by atoms with Gasteiger partial charge in [0.15, 0.2) is 0 Å². The zero-order valence-corrected chi connectivity index (χ0v) is 11.6. The van der Waals surface area contributed by atoms with Crippen LogP contribution in [0.4, 0.5) is 5.69 Å². The molecule has 0 unspecified atom stereocenters. The van der Waals surface area contributed by atoms with Crippen LogP contribution in [0.5, 0.6) is 0 Å². The first kappa shape index (κ1) is 14.8. The topological polar surface area (TPSA) is 97.5 Å². The molecule has 1 aromatic carbocycles. The zero-order chi connectivity index (χ0) is 13.8. The lowest BCUT2D eigenvalue weighted by atomic mass is 10.1. The zero-order valence-electron chi connectivity index (χ0n) is 9.92. The van der Waals surface area contributed by atoms with Crippen LogP contribution in [0.25, 0.3) is 0 Å². The fourth-order valence-electron chi connectivity index (χ4n) is 1.39. The number of thioether (sulfide) groups is 1. The third-order valence-electron chi connectivity index (χ3n) is 2.25. The van der Waals surface area contributed by atoms with Gasteiger partial charge in [-0.15, -0.1) is 0 Å². The highest BCUT2D eigenvalue weighted by molar-refractivity contribution is 7.99. The van der Waals surface area contributed by atoms with Gasteiger partial charge < -0.3 is 10.8 Å². The molecule has 0 aliphatic rings. The van der Waals surface area contributed by atoms with E-state index in [2.05, 4.69) is 0 Å². The van der Waals surface area contributed by atoms with Crippen molar-refractivity contribution in [1.82, 2.24) is 0 Å². The van der Waals surface area contributed by atoms with Gasteiger partial charge in [-0.05, 0) is 11.6 Å². The maximum Gasteiger partial charge on any atom is 0.338 e. The van der Waals surface area contributed by atoms with Crippen LogP contribution in [0.3, 0.4) is 0 Å². The van der Waals surface area contributed by atoms with Crippen LogP contribution in [0.15, 0.2) is 18.2 Å². The summed E-state index contributed by atoms with van der Waals surface area (Å²) in [5, 5.41) is 9.05. The fourth-order valence-corrected chi connectivity index (χ4v) is 3.68.